The van der Waals surface area contributed by atoms with Crippen LogP contribution in [-0.2, 0) is 28.6 Å². The fourth-order valence-corrected chi connectivity index (χ4v) is 7.37. The summed E-state index contributed by atoms with van der Waals surface area (Å²) < 4.78 is 16.7. The summed E-state index contributed by atoms with van der Waals surface area (Å²) >= 11 is 0. The Morgan fingerprint density at radius 1 is 0.344 bits per heavy atom. The summed E-state index contributed by atoms with van der Waals surface area (Å²) in [5.41, 5.74) is 0. The Morgan fingerprint density at radius 3 is 1.10 bits per heavy atom. The highest BCUT2D eigenvalue weighted by Gasteiger charge is 2.19. The van der Waals surface area contributed by atoms with Crippen LogP contribution < -0.4 is 0 Å². The largest absolute Gasteiger partial charge is 0.462 e. The molecule has 0 amide bonds. The molecule has 0 aliphatic rings. The van der Waals surface area contributed by atoms with E-state index in [1.165, 1.54) is 167 Å². The molecule has 0 bridgehead atoms. The fourth-order valence-electron chi connectivity index (χ4n) is 7.37. The first-order valence-electron chi connectivity index (χ1n) is 26.2. The predicted molar refractivity (Wildman–Crippen MR) is 261 cm³/mol. The maximum Gasteiger partial charge on any atom is 0.306 e. The summed E-state index contributed by atoms with van der Waals surface area (Å²) in [6.07, 6.45) is 59.6. The second-order valence-electron chi connectivity index (χ2n) is 17.5. The third kappa shape index (κ3) is 48.3. The maximum atomic E-state index is 12.7. The van der Waals surface area contributed by atoms with E-state index >= 15 is 0 Å². The molecule has 1 unspecified atom stereocenters. The van der Waals surface area contributed by atoms with Gasteiger partial charge in [-0.05, 0) is 64.2 Å². The minimum absolute atomic E-state index is 0.0942. The van der Waals surface area contributed by atoms with E-state index in [2.05, 4.69) is 63.3 Å². The molecule has 0 rings (SSSR count). The average molecular weight is 855 g/mol. The molecule has 6 heteroatoms. The fraction of sp³-hybridized carbons (Fsp3) is 0.800. The van der Waals surface area contributed by atoms with E-state index in [-0.39, 0.29) is 37.5 Å². The maximum absolute atomic E-state index is 12.7. The summed E-state index contributed by atoms with van der Waals surface area (Å²) in [6, 6.07) is 0. The van der Waals surface area contributed by atoms with Crippen LogP contribution >= 0.6 is 0 Å². The summed E-state index contributed by atoms with van der Waals surface area (Å²) in [7, 11) is 0. The SMILES string of the molecule is CCCCC/C=C\C=C/CCCCCCCCCCCCC(=O)OCC(COC(=O)CCCCCCCCCCCCC)OC(=O)CC/C=C\C/C=C\CCCCCCCC. The number of allylic oxidation sites excluding steroid dienone is 8. The van der Waals surface area contributed by atoms with Gasteiger partial charge in [0.15, 0.2) is 6.10 Å². The molecule has 6 nitrogen and oxygen atoms in total. The van der Waals surface area contributed by atoms with Gasteiger partial charge in [0.25, 0.3) is 0 Å². The highest BCUT2D eigenvalue weighted by molar-refractivity contribution is 5.71. The van der Waals surface area contributed by atoms with Crippen molar-refractivity contribution in [2.45, 2.75) is 271 Å². The van der Waals surface area contributed by atoms with E-state index in [9.17, 15) is 14.4 Å². The lowest BCUT2D eigenvalue weighted by Crippen LogP contribution is -2.30. The Hall–Kier alpha value is -2.63. The minimum Gasteiger partial charge on any atom is -0.462 e. The van der Waals surface area contributed by atoms with Crippen LogP contribution in [0.1, 0.15) is 265 Å². The molecule has 354 valence electrons. The van der Waals surface area contributed by atoms with E-state index in [1.54, 1.807) is 0 Å². The predicted octanol–water partition coefficient (Wildman–Crippen LogP) is 17.1. The van der Waals surface area contributed by atoms with Crippen molar-refractivity contribution in [2.24, 2.45) is 0 Å². The Bertz CT molecular complexity index is 1070. The topological polar surface area (TPSA) is 78.9 Å². The van der Waals surface area contributed by atoms with Crippen molar-refractivity contribution in [2.75, 3.05) is 13.2 Å². The van der Waals surface area contributed by atoms with Gasteiger partial charge < -0.3 is 14.2 Å². The number of unbranched alkanes of at least 4 members (excludes halogenated alkanes) is 29. The second-order valence-corrected chi connectivity index (χ2v) is 17.5. The molecule has 0 aromatic heterocycles. The lowest BCUT2D eigenvalue weighted by molar-refractivity contribution is -0.166. The van der Waals surface area contributed by atoms with Crippen LogP contribution in [0.15, 0.2) is 48.6 Å². The molecular weight excluding hydrogens is 757 g/mol. The smallest absolute Gasteiger partial charge is 0.306 e. The molecule has 0 saturated carbocycles. The molecule has 0 saturated heterocycles. The first-order valence-corrected chi connectivity index (χ1v) is 26.2. The van der Waals surface area contributed by atoms with Gasteiger partial charge in [0.2, 0.25) is 0 Å². The minimum atomic E-state index is -0.801. The highest BCUT2D eigenvalue weighted by Crippen LogP contribution is 2.15. The van der Waals surface area contributed by atoms with Crippen LogP contribution in [0.3, 0.4) is 0 Å². The van der Waals surface area contributed by atoms with Gasteiger partial charge in [0.1, 0.15) is 13.2 Å². The normalized spacial score (nSPS) is 12.4. The van der Waals surface area contributed by atoms with E-state index in [1.807, 2.05) is 6.08 Å². The lowest BCUT2D eigenvalue weighted by atomic mass is 10.1. The molecule has 0 spiro atoms. The van der Waals surface area contributed by atoms with E-state index < -0.39 is 6.10 Å². The van der Waals surface area contributed by atoms with Crippen molar-refractivity contribution in [1.29, 1.82) is 0 Å². The van der Waals surface area contributed by atoms with Crippen LogP contribution in [0.25, 0.3) is 0 Å². The van der Waals surface area contributed by atoms with Gasteiger partial charge in [-0.25, -0.2) is 0 Å². The highest BCUT2D eigenvalue weighted by atomic mass is 16.6. The zero-order chi connectivity index (χ0) is 44.4. The second kappa shape index (κ2) is 50.0. The first kappa shape index (κ1) is 58.4. The number of hydrogen-bond donors (Lipinski definition) is 0. The molecule has 0 aliphatic heterocycles. The molecule has 61 heavy (non-hydrogen) atoms. The molecule has 0 N–H and O–H groups in total. The molecule has 0 aliphatic carbocycles. The lowest BCUT2D eigenvalue weighted by Gasteiger charge is -2.18. The Balaban J connectivity index is 4.36. The van der Waals surface area contributed by atoms with Gasteiger partial charge in [0, 0.05) is 19.3 Å². The monoisotopic (exact) mass is 855 g/mol. The third-order valence-electron chi connectivity index (χ3n) is 11.3. The molecule has 0 radical (unpaired) electrons. The summed E-state index contributed by atoms with van der Waals surface area (Å²) in [5, 5.41) is 0. The number of ether oxygens (including phenoxy) is 3. The van der Waals surface area contributed by atoms with Crippen molar-refractivity contribution in [3.05, 3.63) is 48.6 Å². The van der Waals surface area contributed by atoms with Crippen molar-refractivity contribution < 1.29 is 28.6 Å². The summed E-state index contributed by atoms with van der Waals surface area (Å²) in [4.78, 5) is 37.9. The molecular formula is C55H98O6. The Kier molecular flexibility index (Phi) is 47.9. The van der Waals surface area contributed by atoms with Crippen molar-refractivity contribution >= 4 is 17.9 Å². The van der Waals surface area contributed by atoms with E-state index in [0.29, 0.717) is 19.3 Å². The number of carbonyl (C=O) groups is 3. The zero-order valence-electron chi connectivity index (χ0n) is 40.4. The van der Waals surface area contributed by atoms with Gasteiger partial charge in [-0.15, -0.1) is 0 Å². The van der Waals surface area contributed by atoms with Gasteiger partial charge in [0.05, 0.1) is 0 Å². The number of hydrogen-bond acceptors (Lipinski definition) is 6. The molecule has 1 atom stereocenters. The Labute approximate surface area is 378 Å². The van der Waals surface area contributed by atoms with Gasteiger partial charge >= 0.3 is 17.9 Å². The van der Waals surface area contributed by atoms with E-state index in [4.69, 9.17) is 14.2 Å². The number of esters is 3. The van der Waals surface area contributed by atoms with Crippen molar-refractivity contribution in [3.63, 3.8) is 0 Å². The molecule has 0 fully saturated rings. The van der Waals surface area contributed by atoms with Crippen LogP contribution in [-0.4, -0.2) is 37.2 Å². The quantitative estimate of drug-likeness (QED) is 0.0199. The van der Waals surface area contributed by atoms with E-state index in [0.717, 1.165) is 51.4 Å². The third-order valence-corrected chi connectivity index (χ3v) is 11.3. The molecule has 0 heterocycles. The zero-order valence-corrected chi connectivity index (χ0v) is 40.4. The van der Waals surface area contributed by atoms with Gasteiger partial charge in [-0.1, -0.05) is 230 Å². The Morgan fingerprint density at radius 2 is 0.672 bits per heavy atom. The van der Waals surface area contributed by atoms with Crippen molar-refractivity contribution in [1.82, 2.24) is 0 Å². The number of rotatable bonds is 47. The van der Waals surface area contributed by atoms with Crippen LogP contribution in [0.4, 0.5) is 0 Å². The molecule has 0 aromatic rings. The van der Waals surface area contributed by atoms with Gasteiger partial charge in [-0.3, -0.25) is 14.4 Å². The number of carbonyl (C=O) groups excluding carboxylic acids is 3. The van der Waals surface area contributed by atoms with Crippen LogP contribution in [0, 0.1) is 0 Å². The first-order chi connectivity index (χ1) is 30.0. The average Bonchev–Trinajstić information content (AvgIpc) is 3.26. The van der Waals surface area contributed by atoms with Gasteiger partial charge in [-0.2, -0.15) is 0 Å². The standard InChI is InChI=1S/C55H98O6/c1-4-7-10-13-16-19-22-24-25-26-27-28-29-31-33-36-39-42-45-48-54(57)60-51-52(50-59-53(56)47-44-41-38-35-32-21-18-15-12-9-6-3)61-55(58)49-46-43-40-37-34-30-23-20-17-14-11-8-5-2/h16,19,22,24,30,34,40,43,52H,4-15,17-18,20-21,23,25-29,31-33,35-39,41-42,44-51H2,1-3H3/b19-16-,24-22-,34-30-,43-40-. The van der Waals surface area contributed by atoms with Crippen LogP contribution in [0.5, 0.6) is 0 Å². The summed E-state index contributed by atoms with van der Waals surface area (Å²) in [6.45, 7) is 6.55. The van der Waals surface area contributed by atoms with Crippen LogP contribution in [0.2, 0.25) is 0 Å². The van der Waals surface area contributed by atoms with Crippen molar-refractivity contribution in [3.8, 4) is 0 Å². The summed E-state index contributed by atoms with van der Waals surface area (Å²) in [5.74, 6) is -0.960. The molecule has 0 aromatic carbocycles.